The molecule has 0 aromatic carbocycles. The Balaban J connectivity index is 0. The zero-order valence-electron chi connectivity index (χ0n) is 35.5. The molecule has 0 saturated heterocycles. The summed E-state index contributed by atoms with van der Waals surface area (Å²) in [5.41, 5.74) is 21.8. The second-order valence-electron chi connectivity index (χ2n) is 15.1. The van der Waals surface area contributed by atoms with Crippen molar-refractivity contribution in [1.82, 2.24) is 21.3 Å². The van der Waals surface area contributed by atoms with E-state index in [1.807, 2.05) is 27.7 Å². The largest absolute Gasteiger partial charge is 0.490 e. The van der Waals surface area contributed by atoms with Crippen molar-refractivity contribution in [2.24, 2.45) is 44.8 Å². The van der Waals surface area contributed by atoms with E-state index < -0.39 is 71.5 Å². The molecule has 0 saturated carbocycles. The van der Waals surface area contributed by atoms with Gasteiger partial charge in [0.2, 0.25) is 35.2 Å². The summed E-state index contributed by atoms with van der Waals surface area (Å²) >= 11 is 5.62. The summed E-state index contributed by atoms with van der Waals surface area (Å²) < 4.78 is 31.7. The van der Waals surface area contributed by atoms with Crippen molar-refractivity contribution < 1.29 is 51.8 Å². The summed E-state index contributed by atoms with van der Waals surface area (Å²) in [6.07, 6.45) is 3.73. The average Bonchev–Trinajstić information content (AvgIpc) is 3.14. The number of nitrogens with one attached hydrogen (secondary N) is 4. The summed E-state index contributed by atoms with van der Waals surface area (Å²) in [7, 11) is 0. The smallest absolute Gasteiger partial charge is 0.475 e. The van der Waals surface area contributed by atoms with Crippen molar-refractivity contribution in [1.29, 1.82) is 0 Å². The van der Waals surface area contributed by atoms with Crippen LogP contribution < -0.4 is 44.2 Å². The first-order valence-electron chi connectivity index (χ1n) is 20.2. The van der Waals surface area contributed by atoms with E-state index in [-0.39, 0.29) is 74.9 Å². The van der Waals surface area contributed by atoms with Crippen LogP contribution in [0.25, 0.3) is 0 Å². The third-order valence-corrected chi connectivity index (χ3v) is 8.74. The van der Waals surface area contributed by atoms with Gasteiger partial charge in [0, 0.05) is 19.5 Å². The quantitative estimate of drug-likeness (QED) is 0.0165. The molecule has 0 aliphatic heterocycles. The highest BCUT2D eigenvalue weighted by Crippen LogP contribution is 2.14. The minimum absolute atomic E-state index is 0.0428. The molecule has 0 fully saturated rings. The summed E-state index contributed by atoms with van der Waals surface area (Å²) in [6.45, 7) is 9.95. The van der Waals surface area contributed by atoms with Gasteiger partial charge >= 0.3 is 12.1 Å². The van der Waals surface area contributed by atoms with Crippen LogP contribution in [0.15, 0.2) is 9.98 Å². The van der Waals surface area contributed by atoms with Crippen LogP contribution in [0.1, 0.15) is 125 Å². The second-order valence-corrected chi connectivity index (χ2v) is 15.3. The van der Waals surface area contributed by atoms with Crippen LogP contribution in [0.3, 0.4) is 0 Å². The molecule has 13 N–H and O–H groups in total. The molecule has 4 atom stereocenters. The Labute approximate surface area is 355 Å². The number of halogens is 4. The van der Waals surface area contributed by atoms with Crippen LogP contribution in [-0.4, -0.2) is 108 Å². The molecule has 4 amide bonds. The lowest BCUT2D eigenvalue weighted by Crippen LogP contribution is -2.58. The van der Waals surface area contributed by atoms with Gasteiger partial charge in [0.25, 0.3) is 0 Å². The Bertz CT molecular complexity index is 1410. The van der Waals surface area contributed by atoms with Gasteiger partial charge in [-0.1, -0.05) is 73.1 Å². The number of aliphatic carboxylic acids is 1. The molecule has 0 aromatic rings. The molecule has 0 unspecified atom stereocenters. The summed E-state index contributed by atoms with van der Waals surface area (Å²) in [4.78, 5) is 95.8. The van der Waals surface area contributed by atoms with Gasteiger partial charge in [-0.25, -0.2) is 4.79 Å². The van der Waals surface area contributed by atoms with E-state index in [0.717, 1.165) is 32.1 Å². The number of hydrogen-bond acceptors (Lipinski definition) is 9. The van der Waals surface area contributed by atoms with Crippen molar-refractivity contribution in [3.05, 3.63) is 0 Å². The van der Waals surface area contributed by atoms with E-state index in [0.29, 0.717) is 19.3 Å². The minimum Gasteiger partial charge on any atom is -0.475 e. The van der Waals surface area contributed by atoms with Crippen LogP contribution in [0.5, 0.6) is 0 Å². The number of amides is 4. The van der Waals surface area contributed by atoms with E-state index in [1.54, 1.807) is 0 Å². The molecule has 0 heterocycles. The van der Waals surface area contributed by atoms with Gasteiger partial charge in [0.1, 0.15) is 18.1 Å². The Morgan fingerprint density at radius 2 is 1.00 bits per heavy atom. The molecule has 346 valence electrons. The van der Waals surface area contributed by atoms with Gasteiger partial charge in [-0.05, 0) is 56.8 Å². The summed E-state index contributed by atoms with van der Waals surface area (Å²) in [5, 5.41) is 18.1. The maximum atomic E-state index is 13.8. The van der Waals surface area contributed by atoms with Gasteiger partial charge in [-0.3, -0.25) is 38.8 Å². The number of unbranched alkanes of at least 4 members (excludes halogenated alkanes) is 6. The molecular weight excluding hydrogens is 817 g/mol. The van der Waals surface area contributed by atoms with Gasteiger partial charge in [0.15, 0.2) is 11.9 Å². The van der Waals surface area contributed by atoms with Crippen LogP contribution in [-0.2, 0) is 33.6 Å². The fourth-order valence-corrected chi connectivity index (χ4v) is 5.67. The average molecular weight is 885 g/mol. The number of ketones is 2. The number of nitrogens with zero attached hydrogens (tertiary/aromatic N) is 2. The first-order valence-corrected chi connectivity index (χ1v) is 20.7. The fraction of sp³-hybridized carbons (Fsp3) is 0.763. The number of Topliss-reactive ketones (excluding diaryl/α,β-unsaturated/α-hetero) is 2. The third kappa shape index (κ3) is 29.5. The van der Waals surface area contributed by atoms with Gasteiger partial charge in [-0.15, -0.1) is 11.6 Å². The molecule has 0 aliphatic carbocycles. The molecule has 22 heteroatoms. The standard InChI is InChI=1S/C36H67ClN10O6.C2HF3O2/c1-6-7-8-9-10-11-12-17-30(49)44-25(15-13-18-42-35(38)39)32(51)45-26(16-14-19-43-36(40)41)33(52)47-28(21-24(4)5)34(53)46-27(20-23(2)3)31(50)29(48)22-37;3-2(4,5)1(6)7/h23-28H,6-22H2,1-5H3,(H,44,49)(H,45,51)(H,46,53)(H,47,52)(H4,38,39,42)(H4,40,41,43);(H,6,7)/t25-,26-,27-,28-;/m0./s1. The fourth-order valence-electron chi connectivity index (χ4n) is 5.54. The molecule has 0 radical (unpaired) electrons. The maximum absolute atomic E-state index is 13.8. The zero-order valence-corrected chi connectivity index (χ0v) is 36.3. The van der Waals surface area contributed by atoms with E-state index in [2.05, 4.69) is 38.2 Å². The monoisotopic (exact) mass is 884 g/mol. The highest BCUT2D eigenvalue weighted by Gasteiger charge is 2.38. The van der Waals surface area contributed by atoms with Crippen molar-refractivity contribution in [3.8, 4) is 0 Å². The van der Waals surface area contributed by atoms with Crippen LogP contribution in [0, 0.1) is 11.8 Å². The third-order valence-electron chi connectivity index (χ3n) is 8.50. The Kier molecular flexibility index (Phi) is 30.7. The number of guanidine groups is 2. The predicted molar refractivity (Wildman–Crippen MR) is 223 cm³/mol. The van der Waals surface area contributed by atoms with Crippen molar-refractivity contribution in [2.75, 3.05) is 19.0 Å². The maximum Gasteiger partial charge on any atom is 0.490 e. The van der Waals surface area contributed by atoms with Gasteiger partial charge in [0.05, 0.1) is 11.9 Å². The SMILES string of the molecule is CCCCCCCCCC(=O)N[C@@H](CCCN=C(N)N)C(=O)N[C@@H](CCCN=C(N)N)C(=O)N[C@@H](CC(C)C)C(=O)N[C@@H](CC(C)C)C(=O)C(=O)CCl.O=C(O)C(F)(F)F. The molecule has 0 bridgehead atoms. The lowest BCUT2D eigenvalue weighted by atomic mass is 9.96. The van der Waals surface area contributed by atoms with Gasteiger partial charge in [-0.2, -0.15) is 13.2 Å². The number of carbonyl (C=O) groups excluding carboxylic acids is 6. The van der Waals surface area contributed by atoms with E-state index in [1.165, 1.54) is 6.42 Å². The first-order chi connectivity index (χ1) is 28.0. The van der Waals surface area contributed by atoms with E-state index in [4.69, 9.17) is 44.4 Å². The number of nitrogens with two attached hydrogens (primary N) is 4. The molecule has 60 heavy (non-hydrogen) atoms. The normalized spacial score (nSPS) is 13.1. The van der Waals surface area contributed by atoms with Crippen molar-refractivity contribution in [3.63, 3.8) is 0 Å². The number of alkyl halides is 4. The predicted octanol–water partition coefficient (Wildman–Crippen LogP) is 2.28. The number of carbonyl (C=O) groups is 7. The highest BCUT2D eigenvalue weighted by molar-refractivity contribution is 6.48. The molecule has 0 rings (SSSR count). The number of carboxylic acid groups (broad SMARTS) is 1. The number of aliphatic imine (C=N–C) groups is 2. The number of rotatable bonds is 30. The molecule has 0 aromatic heterocycles. The van der Waals surface area contributed by atoms with E-state index >= 15 is 0 Å². The Hall–Kier alpha value is -4.69. The minimum atomic E-state index is -5.08. The van der Waals surface area contributed by atoms with Crippen LogP contribution >= 0.6 is 11.6 Å². The van der Waals surface area contributed by atoms with Crippen molar-refractivity contribution >= 4 is 64.7 Å². The number of carboxylic acids is 1. The van der Waals surface area contributed by atoms with Crippen LogP contribution in [0.4, 0.5) is 13.2 Å². The number of hydrogen-bond donors (Lipinski definition) is 9. The Morgan fingerprint density at radius 3 is 1.42 bits per heavy atom. The topological polar surface area (TPSA) is 317 Å². The zero-order chi connectivity index (χ0) is 46.4. The van der Waals surface area contributed by atoms with Crippen LogP contribution in [0.2, 0.25) is 0 Å². The van der Waals surface area contributed by atoms with Crippen molar-refractivity contribution in [2.45, 2.75) is 155 Å². The second kappa shape index (κ2) is 32.1. The highest BCUT2D eigenvalue weighted by atomic mass is 35.5. The first kappa shape index (κ1) is 57.4. The molecule has 0 aliphatic rings. The lowest BCUT2D eigenvalue weighted by molar-refractivity contribution is -0.192. The lowest BCUT2D eigenvalue weighted by Gasteiger charge is -2.27. The van der Waals surface area contributed by atoms with E-state index in [9.17, 15) is 41.9 Å². The van der Waals surface area contributed by atoms with Gasteiger partial charge < -0.3 is 49.3 Å². The molecule has 18 nitrogen and oxygen atoms in total. The summed E-state index contributed by atoms with van der Waals surface area (Å²) in [5.74, 6) is -7.48. The Morgan fingerprint density at radius 1 is 0.617 bits per heavy atom. The molecular formula is C38H68ClF3N10O8. The summed E-state index contributed by atoms with van der Waals surface area (Å²) in [6, 6.07) is -4.37. The molecule has 0 spiro atoms.